The summed E-state index contributed by atoms with van der Waals surface area (Å²) >= 11 is 1.71. The fourth-order valence-corrected chi connectivity index (χ4v) is 2.11. The average molecular weight is 215 g/mol. The van der Waals surface area contributed by atoms with Crippen molar-refractivity contribution >= 4 is 11.8 Å². The third kappa shape index (κ3) is 3.69. The molecule has 80 valence electrons. The van der Waals surface area contributed by atoms with E-state index in [1.807, 2.05) is 26.4 Å². The number of aromatic nitrogens is 2. The van der Waals surface area contributed by atoms with Crippen molar-refractivity contribution in [1.29, 1.82) is 0 Å². The van der Waals surface area contributed by atoms with Gasteiger partial charge in [0.25, 0.3) is 0 Å². The van der Waals surface area contributed by atoms with Crippen molar-refractivity contribution in [3.05, 3.63) is 12.4 Å². The van der Waals surface area contributed by atoms with Crippen LogP contribution in [0.1, 0.15) is 13.3 Å². The van der Waals surface area contributed by atoms with Crippen LogP contribution in [0.25, 0.3) is 0 Å². The summed E-state index contributed by atoms with van der Waals surface area (Å²) in [7, 11) is 1.89. The van der Waals surface area contributed by atoms with Crippen LogP contribution in [-0.2, 0) is 7.05 Å². The molecule has 0 aliphatic carbocycles. The number of thioether (sulfide) groups is 1. The van der Waals surface area contributed by atoms with E-state index < -0.39 is 5.54 Å². The predicted molar refractivity (Wildman–Crippen MR) is 58.2 cm³/mol. The van der Waals surface area contributed by atoms with Crippen LogP contribution in [0, 0.1) is 0 Å². The molecule has 0 aromatic carbocycles. The molecular formula is C9H17N3OS. The van der Waals surface area contributed by atoms with E-state index in [0.29, 0.717) is 0 Å². The van der Waals surface area contributed by atoms with Gasteiger partial charge in [0.1, 0.15) is 0 Å². The summed E-state index contributed by atoms with van der Waals surface area (Å²) in [5, 5.41) is 13.0. The van der Waals surface area contributed by atoms with E-state index in [1.165, 1.54) is 0 Å². The second-order valence-electron chi connectivity index (χ2n) is 3.76. The molecule has 4 nitrogen and oxygen atoms in total. The van der Waals surface area contributed by atoms with Gasteiger partial charge in [-0.05, 0) is 19.1 Å². The van der Waals surface area contributed by atoms with Gasteiger partial charge in [-0.1, -0.05) is 0 Å². The van der Waals surface area contributed by atoms with Gasteiger partial charge in [0.2, 0.25) is 0 Å². The Morgan fingerprint density at radius 3 is 2.93 bits per heavy atom. The Morgan fingerprint density at radius 1 is 1.71 bits per heavy atom. The Hall–Kier alpha value is -0.520. The zero-order chi connectivity index (χ0) is 10.6. The van der Waals surface area contributed by atoms with Crippen molar-refractivity contribution in [2.24, 2.45) is 12.8 Å². The zero-order valence-electron chi connectivity index (χ0n) is 8.60. The maximum atomic E-state index is 8.94. The summed E-state index contributed by atoms with van der Waals surface area (Å²) in [6.45, 7) is 1.89. The van der Waals surface area contributed by atoms with E-state index in [2.05, 4.69) is 5.10 Å². The van der Waals surface area contributed by atoms with E-state index in [9.17, 15) is 0 Å². The number of rotatable bonds is 5. The highest BCUT2D eigenvalue weighted by Crippen LogP contribution is 2.19. The first-order valence-electron chi connectivity index (χ1n) is 4.55. The van der Waals surface area contributed by atoms with Crippen molar-refractivity contribution in [2.75, 3.05) is 12.4 Å². The molecule has 1 aromatic heterocycles. The number of aliphatic hydroxyl groups is 1. The standard InChI is InChI=1S/C9H17N3OS/c1-9(10,7-13)3-4-14-8-5-11-12(2)6-8/h5-6,13H,3-4,7,10H2,1-2H3. The van der Waals surface area contributed by atoms with Crippen molar-refractivity contribution in [3.8, 4) is 0 Å². The van der Waals surface area contributed by atoms with Crippen molar-refractivity contribution < 1.29 is 5.11 Å². The molecular weight excluding hydrogens is 198 g/mol. The Kier molecular flexibility index (Phi) is 3.97. The number of nitrogens with zero attached hydrogens (tertiary/aromatic N) is 2. The van der Waals surface area contributed by atoms with Gasteiger partial charge in [-0.3, -0.25) is 4.68 Å². The van der Waals surface area contributed by atoms with Crippen LogP contribution in [0.3, 0.4) is 0 Å². The second-order valence-corrected chi connectivity index (χ2v) is 4.93. The summed E-state index contributed by atoms with van der Waals surface area (Å²) < 4.78 is 1.77. The van der Waals surface area contributed by atoms with Gasteiger partial charge < -0.3 is 10.8 Å². The van der Waals surface area contributed by atoms with Gasteiger partial charge in [-0.15, -0.1) is 11.8 Å². The molecule has 1 aromatic rings. The highest BCUT2D eigenvalue weighted by Gasteiger charge is 2.16. The number of hydrogen-bond donors (Lipinski definition) is 2. The monoisotopic (exact) mass is 215 g/mol. The van der Waals surface area contributed by atoms with Gasteiger partial charge in [-0.25, -0.2) is 0 Å². The molecule has 5 heteroatoms. The molecule has 3 N–H and O–H groups in total. The van der Waals surface area contributed by atoms with Crippen LogP contribution in [0.2, 0.25) is 0 Å². The number of aliphatic hydroxyl groups excluding tert-OH is 1. The van der Waals surface area contributed by atoms with E-state index >= 15 is 0 Å². The van der Waals surface area contributed by atoms with E-state index in [4.69, 9.17) is 10.8 Å². The third-order valence-electron chi connectivity index (χ3n) is 1.98. The average Bonchev–Trinajstić information content (AvgIpc) is 2.51. The molecule has 1 atom stereocenters. The second kappa shape index (κ2) is 4.82. The molecule has 0 saturated carbocycles. The molecule has 0 saturated heterocycles. The molecule has 0 aliphatic rings. The SMILES string of the molecule is Cn1cc(SCCC(C)(N)CO)cn1. The van der Waals surface area contributed by atoms with Crippen LogP contribution in [-0.4, -0.2) is 32.8 Å². The maximum Gasteiger partial charge on any atom is 0.0625 e. The molecule has 1 unspecified atom stereocenters. The van der Waals surface area contributed by atoms with Gasteiger partial charge in [0.15, 0.2) is 0 Å². The number of aryl methyl sites for hydroxylation is 1. The summed E-state index contributed by atoms with van der Waals surface area (Å²) in [5.74, 6) is 0.902. The van der Waals surface area contributed by atoms with Gasteiger partial charge >= 0.3 is 0 Å². The Morgan fingerprint density at radius 2 is 2.43 bits per heavy atom. The Labute approximate surface area is 88.5 Å². The lowest BCUT2D eigenvalue weighted by Crippen LogP contribution is -2.40. The maximum absolute atomic E-state index is 8.94. The minimum absolute atomic E-state index is 0.0284. The largest absolute Gasteiger partial charge is 0.394 e. The van der Waals surface area contributed by atoms with E-state index in [1.54, 1.807) is 16.4 Å². The lowest BCUT2D eigenvalue weighted by atomic mass is 10.0. The smallest absolute Gasteiger partial charge is 0.0625 e. The first-order valence-corrected chi connectivity index (χ1v) is 5.53. The van der Waals surface area contributed by atoms with E-state index in [0.717, 1.165) is 17.1 Å². The van der Waals surface area contributed by atoms with E-state index in [-0.39, 0.29) is 6.61 Å². The van der Waals surface area contributed by atoms with Gasteiger partial charge in [0.05, 0.1) is 12.8 Å². The first kappa shape index (κ1) is 11.6. The highest BCUT2D eigenvalue weighted by molar-refractivity contribution is 7.99. The lowest BCUT2D eigenvalue weighted by molar-refractivity contribution is 0.206. The molecule has 1 heterocycles. The number of hydrogen-bond acceptors (Lipinski definition) is 4. The summed E-state index contributed by atoms with van der Waals surface area (Å²) in [6, 6.07) is 0. The van der Waals surface area contributed by atoms with Crippen molar-refractivity contribution in [3.63, 3.8) is 0 Å². The molecule has 0 radical (unpaired) electrons. The Balaban J connectivity index is 2.28. The van der Waals surface area contributed by atoms with Crippen molar-refractivity contribution in [1.82, 2.24) is 9.78 Å². The quantitative estimate of drug-likeness (QED) is 0.706. The van der Waals surface area contributed by atoms with Crippen LogP contribution >= 0.6 is 11.8 Å². The van der Waals surface area contributed by atoms with Crippen LogP contribution < -0.4 is 5.73 Å². The molecule has 0 bridgehead atoms. The fraction of sp³-hybridized carbons (Fsp3) is 0.667. The van der Waals surface area contributed by atoms with Crippen molar-refractivity contribution in [2.45, 2.75) is 23.8 Å². The van der Waals surface area contributed by atoms with Gasteiger partial charge in [-0.2, -0.15) is 5.10 Å². The topological polar surface area (TPSA) is 64.1 Å². The Bertz CT molecular complexity index is 285. The zero-order valence-corrected chi connectivity index (χ0v) is 9.42. The molecule has 0 spiro atoms. The minimum Gasteiger partial charge on any atom is -0.394 e. The minimum atomic E-state index is -0.463. The van der Waals surface area contributed by atoms with Crippen LogP contribution in [0.15, 0.2) is 17.3 Å². The molecule has 0 aliphatic heterocycles. The molecule has 0 fully saturated rings. The predicted octanol–water partition coefficient (Wildman–Crippen LogP) is 0.612. The summed E-state index contributed by atoms with van der Waals surface area (Å²) in [4.78, 5) is 1.14. The highest BCUT2D eigenvalue weighted by atomic mass is 32.2. The van der Waals surface area contributed by atoms with Crippen LogP contribution in [0.4, 0.5) is 0 Å². The summed E-state index contributed by atoms with van der Waals surface area (Å²) in [6.07, 6.45) is 4.60. The molecule has 14 heavy (non-hydrogen) atoms. The molecule has 1 rings (SSSR count). The van der Waals surface area contributed by atoms with Gasteiger partial charge in [0, 0.05) is 23.7 Å². The lowest BCUT2D eigenvalue weighted by Gasteiger charge is -2.20. The normalized spacial score (nSPS) is 15.4. The fourth-order valence-electron chi connectivity index (χ4n) is 0.954. The number of nitrogens with two attached hydrogens (primary N) is 1. The third-order valence-corrected chi connectivity index (χ3v) is 2.94. The summed E-state index contributed by atoms with van der Waals surface area (Å²) in [5.41, 5.74) is 5.34. The van der Waals surface area contributed by atoms with Crippen LogP contribution in [0.5, 0.6) is 0 Å². The first-order chi connectivity index (χ1) is 6.53. The molecule has 0 amide bonds.